The van der Waals surface area contributed by atoms with Gasteiger partial charge in [0.1, 0.15) is 11.5 Å². The number of nitrogens with zero attached hydrogens (tertiary/aromatic N) is 5. The predicted molar refractivity (Wildman–Crippen MR) is 468 cm³/mol. The summed E-state index contributed by atoms with van der Waals surface area (Å²) in [5, 5.41) is 0. The van der Waals surface area contributed by atoms with Gasteiger partial charge in [-0.1, -0.05) is 305 Å². The van der Waals surface area contributed by atoms with Crippen molar-refractivity contribution >= 4 is 132 Å². The van der Waals surface area contributed by atoms with Crippen LogP contribution in [-0.2, 0) is 16.2 Å². The molecule has 4 aliphatic heterocycles. The summed E-state index contributed by atoms with van der Waals surface area (Å²) in [4.78, 5) is 12.6. The third kappa shape index (κ3) is 11.6. The van der Waals surface area contributed by atoms with Gasteiger partial charge in [0.05, 0.1) is 28.4 Å². The van der Waals surface area contributed by atoms with E-state index in [4.69, 9.17) is 4.74 Å². The van der Waals surface area contributed by atoms with Gasteiger partial charge in [-0.05, 0) is 179 Å². The molecule has 0 N–H and O–H groups in total. The fraction of sp³-hybridized carbons (Fsp3) is 0.118. The lowest BCUT2D eigenvalue weighted by molar-refractivity contribution is 0.488. The van der Waals surface area contributed by atoms with Crippen LogP contribution in [0.2, 0.25) is 0 Å². The number of rotatable bonds is 12. The molecule has 15 aromatic rings. The Hall–Kier alpha value is -12.8. The predicted octanol–water partition coefficient (Wildman–Crippen LogP) is 24.0. The van der Waals surface area contributed by atoms with Gasteiger partial charge in [-0.2, -0.15) is 0 Å². The number of fused-ring (bicyclic) bond motifs is 8. The van der Waals surface area contributed by atoms with Gasteiger partial charge in [0, 0.05) is 85.7 Å². The van der Waals surface area contributed by atoms with E-state index < -0.39 is 0 Å². The van der Waals surface area contributed by atoms with Crippen LogP contribution >= 0.6 is 0 Å². The van der Waals surface area contributed by atoms with Crippen molar-refractivity contribution in [3.05, 3.63) is 369 Å². The molecule has 110 heavy (non-hydrogen) atoms. The summed E-state index contributed by atoms with van der Waals surface area (Å²) in [6, 6.07) is 131. The molecule has 0 bridgehead atoms. The molecule has 0 aliphatic carbocycles. The van der Waals surface area contributed by atoms with Crippen molar-refractivity contribution in [3.8, 4) is 44.9 Å². The molecule has 19 rings (SSSR count). The Morgan fingerprint density at radius 3 is 1.09 bits per heavy atom. The highest BCUT2D eigenvalue weighted by Crippen LogP contribution is 2.54. The van der Waals surface area contributed by atoms with E-state index in [9.17, 15) is 0 Å². The molecule has 0 unspecified atom stereocenters. The van der Waals surface area contributed by atoms with E-state index in [2.05, 4.69) is 439 Å². The lowest BCUT2D eigenvalue weighted by Crippen LogP contribution is -2.64. The van der Waals surface area contributed by atoms with Gasteiger partial charge >= 0.3 is 0 Å². The largest absolute Gasteiger partial charge is 0.458 e. The monoisotopic (exact) mass is 1420 g/mol. The molecule has 6 nitrogen and oxygen atoms in total. The summed E-state index contributed by atoms with van der Waals surface area (Å²) in [5.41, 5.74) is 33.5. The molecule has 0 saturated carbocycles. The number of benzene rings is 15. The summed E-state index contributed by atoms with van der Waals surface area (Å²) in [6.07, 6.45) is 0. The minimum Gasteiger partial charge on any atom is -0.458 e. The summed E-state index contributed by atoms with van der Waals surface area (Å²) >= 11 is 0. The topological polar surface area (TPSA) is 25.4 Å². The van der Waals surface area contributed by atoms with Gasteiger partial charge in [0.25, 0.3) is 13.4 Å². The van der Waals surface area contributed by atoms with Gasteiger partial charge in [-0.3, -0.25) is 0 Å². The third-order valence-corrected chi connectivity index (χ3v) is 22.9. The zero-order chi connectivity index (χ0) is 74.7. The molecule has 4 heterocycles. The zero-order valence-electron chi connectivity index (χ0n) is 63.8. The van der Waals surface area contributed by atoms with Crippen LogP contribution in [0.25, 0.3) is 33.4 Å². The number of para-hydroxylation sites is 9. The second-order valence-corrected chi connectivity index (χ2v) is 32.9. The van der Waals surface area contributed by atoms with Crippen molar-refractivity contribution in [2.45, 2.75) is 78.6 Å². The lowest BCUT2D eigenvalue weighted by atomic mass is 9.30. The number of ether oxygens (including phenoxy) is 1. The minimum absolute atomic E-state index is 0.0176. The Morgan fingerprint density at radius 2 is 0.609 bits per heavy atom. The minimum atomic E-state index is -0.276. The van der Waals surface area contributed by atoms with Crippen LogP contribution in [0.5, 0.6) is 11.5 Å². The van der Waals surface area contributed by atoms with Gasteiger partial charge in [0.2, 0.25) is 0 Å². The Labute approximate surface area is 648 Å². The lowest BCUT2D eigenvalue weighted by Gasteiger charge is -2.46. The molecule has 0 saturated heterocycles. The van der Waals surface area contributed by atoms with Gasteiger partial charge < -0.3 is 29.2 Å². The SMILES string of the molecule is CC(C)(C)c1ccc(-c2ccccc2N(c2ccccc2)c2cc3c4c(c2)N(c2ccccc2-c2ccc(C(C)(C)C)cc2)c2cc5c(cc2B4c2ccccc2N3c2ccccc2-c2ccc(C(C)(C)C)cc2)B2c3ccccc3N(c3ccccc3)c3cc(N(c4ccccc4)c4ccccc4)cc(c32)O5)cc1. The molecule has 0 spiro atoms. The molecular weight excluding hydrogens is 1330 g/mol. The average Bonchev–Trinajstić information content (AvgIpc) is 0.685. The quantitative estimate of drug-likeness (QED) is 0.113. The second kappa shape index (κ2) is 26.6. The summed E-state index contributed by atoms with van der Waals surface area (Å²) in [7, 11) is 0. The molecule has 4 aliphatic rings. The standard InChI is InChI=1S/C102H85B2N5O/c1-100(2,3)71-56-50-68(51-57-71)80-40-22-27-45-87(80)106(76-36-18-12-19-37-76)78-62-93-98-94(63-78)109(89-47-29-24-42-82(89)70-54-60-73(61-55-70)102(7,8)9)92-67-96-86(66-85(92)103(98)84-44-26-31-49-91(84)108(93)88-46-28-23-41-81(88)69-52-58-72(59-53-69)101(4,5)6)104-83-43-25-30-48-90(83)107(77-38-20-13-21-39-77)95-64-79(65-97(110-96)99(95)104)105(74-32-14-10-15-33-74)75-34-16-11-17-35-75/h10-67H,1-9H3. The summed E-state index contributed by atoms with van der Waals surface area (Å²) in [5.74, 6) is 1.62. The molecule has 0 fully saturated rings. The van der Waals surface area contributed by atoms with Crippen LogP contribution in [0.3, 0.4) is 0 Å². The number of anilines is 15. The maximum atomic E-state index is 7.98. The van der Waals surface area contributed by atoms with E-state index in [-0.39, 0.29) is 29.7 Å². The number of hydrogen-bond acceptors (Lipinski definition) is 6. The fourth-order valence-corrected chi connectivity index (χ4v) is 17.5. The van der Waals surface area contributed by atoms with Crippen molar-refractivity contribution in [2.24, 2.45) is 0 Å². The first-order valence-corrected chi connectivity index (χ1v) is 38.7. The van der Waals surface area contributed by atoms with Crippen LogP contribution in [-0.4, -0.2) is 13.4 Å². The van der Waals surface area contributed by atoms with Crippen molar-refractivity contribution < 1.29 is 4.74 Å². The van der Waals surface area contributed by atoms with E-state index in [0.29, 0.717) is 0 Å². The van der Waals surface area contributed by atoms with E-state index in [1.807, 2.05) is 0 Å². The second-order valence-electron chi connectivity index (χ2n) is 32.9. The van der Waals surface area contributed by atoms with Crippen molar-refractivity contribution in [1.29, 1.82) is 0 Å². The van der Waals surface area contributed by atoms with E-state index >= 15 is 0 Å². The van der Waals surface area contributed by atoms with Gasteiger partial charge in [0.15, 0.2) is 0 Å². The molecule has 15 aromatic carbocycles. The van der Waals surface area contributed by atoms with Crippen LogP contribution in [0.4, 0.5) is 85.3 Å². The van der Waals surface area contributed by atoms with Crippen LogP contribution in [0.15, 0.2) is 352 Å². The zero-order valence-corrected chi connectivity index (χ0v) is 63.8. The first-order chi connectivity index (χ1) is 53.5. The highest BCUT2D eigenvalue weighted by molar-refractivity contribution is 7.02. The van der Waals surface area contributed by atoms with Crippen molar-refractivity contribution in [2.75, 3.05) is 24.5 Å². The molecule has 0 radical (unpaired) electrons. The average molecular weight is 1420 g/mol. The van der Waals surface area contributed by atoms with E-state index in [0.717, 1.165) is 141 Å². The summed E-state index contributed by atoms with van der Waals surface area (Å²) < 4.78 is 7.98. The normalized spacial score (nSPS) is 13.1. The molecule has 0 aromatic heterocycles. The van der Waals surface area contributed by atoms with Crippen LogP contribution in [0, 0.1) is 0 Å². The maximum Gasteiger partial charge on any atom is 0.256 e. The first kappa shape index (κ1) is 67.8. The van der Waals surface area contributed by atoms with E-state index in [1.54, 1.807) is 0 Å². The first-order valence-electron chi connectivity index (χ1n) is 38.7. The smallest absolute Gasteiger partial charge is 0.256 e. The van der Waals surface area contributed by atoms with Crippen LogP contribution < -0.4 is 62.0 Å². The van der Waals surface area contributed by atoms with Crippen molar-refractivity contribution in [1.82, 2.24) is 0 Å². The summed E-state index contributed by atoms with van der Waals surface area (Å²) in [6.45, 7) is 20.1. The number of hydrogen-bond donors (Lipinski definition) is 0. The van der Waals surface area contributed by atoms with Gasteiger partial charge in [-0.15, -0.1) is 0 Å². The third-order valence-electron chi connectivity index (χ3n) is 22.9. The molecule has 530 valence electrons. The Bertz CT molecular complexity index is 5990. The highest BCUT2D eigenvalue weighted by atomic mass is 16.5. The molecule has 0 atom stereocenters. The van der Waals surface area contributed by atoms with Crippen LogP contribution in [0.1, 0.15) is 79.0 Å². The van der Waals surface area contributed by atoms with Crippen molar-refractivity contribution in [3.63, 3.8) is 0 Å². The Kier molecular flexibility index (Phi) is 16.4. The highest BCUT2D eigenvalue weighted by Gasteiger charge is 2.49. The Balaban J connectivity index is 0.921. The van der Waals surface area contributed by atoms with Gasteiger partial charge in [-0.25, -0.2) is 0 Å². The fourth-order valence-electron chi connectivity index (χ4n) is 17.5. The molecule has 8 heteroatoms. The maximum absolute atomic E-state index is 7.98. The molecule has 0 amide bonds. The Morgan fingerprint density at radius 1 is 0.245 bits per heavy atom. The van der Waals surface area contributed by atoms with E-state index in [1.165, 1.54) is 38.5 Å². The molecular formula is C102H85B2N5O.